The molecule has 0 unspecified atom stereocenters. The largest absolute Gasteiger partial charge is 0.416 e. The molecule has 1 amide bonds. The normalized spacial score (nSPS) is 12.7. The third kappa shape index (κ3) is 4.57. The number of hydrogen-bond donors (Lipinski definition) is 1. The maximum absolute atomic E-state index is 12.9. The molecule has 1 heterocycles. The van der Waals surface area contributed by atoms with Gasteiger partial charge >= 0.3 is 6.18 Å². The summed E-state index contributed by atoms with van der Waals surface area (Å²) in [7, 11) is 0. The third-order valence-corrected chi connectivity index (χ3v) is 5.20. The fourth-order valence-corrected chi connectivity index (χ4v) is 3.14. The zero-order valence-corrected chi connectivity index (χ0v) is 16.9. The molecule has 3 rings (SSSR count). The monoisotopic (exact) mass is 441 g/mol. The Morgan fingerprint density at radius 3 is 2.52 bits per heavy atom. The lowest BCUT2D eigenvalue weighted by Gasteiger charge is -2.16. The smallest absolute Gasteiger partial charge is 0.345 e. The summed E-state index contributed by atoms with van der Waals surface area (Å²) in [5.74, 6) is -0.446. The van der Waals surface area contributed by atoms with Gasteiger partial charge in [0.15, 0.2) is 0 Å². The number of rotatable bonds is 4. The molecule has 4 nitrogen and oxygen atoms in total. The van der Waals surface area contributed by atoms with Gasteiger partial charge in [0.2, 0.25) is 0 Å². The zero-order chi connectivity index (χ0) is 21.3. The highest BCUT2D eigenvalue weighted by Crippen LogP contribution is 2.31. The second-order valence-electron chi connectivity index (χ2n) is 6.47. The Morgan fingerprint density at radius 1 is 1.14 bits per heavy atom. The van der Waals surface area contributed by atoms with Crippen LogP contribution in [0, 0.1) is 6.92 Å². The van der Waals surface area contributed by atoms with Crippen molar-refractivity contribution in [2.45, 2.75) is 26.1 Å². The Labute approximate surface area is 175 Å². The first-order chi connectivity index (χ1) is 13.6. The number of aromatic nitrogens is 2. The van der Waals surface area contributed by atoms with E-state index in [2.05, 4.69) is 10.4 Å². The molecule has 2 aromatic carbocycles. The summed E-state index contributed by atoms with van der Waals surface area (Å²) in [6, 6.07) is 9.19. The molecule has 1 N–H and O–H groups in total. The van der Waals surface area contributed by atoms with Crippen molar-refractivity contribution in [3.8, 4) is 5.69 Å². The molecule has 0 aliphatic rings. The van der Waals surface area contributed by atoms with Gasteiger partial charge in [0.25, 0.3) is 5.91 Å². The lowest BCUT2D eigenvalue weighted by Crippen LogP contribution is -2.27. The standard InChI is InChI=1S/C20H16Cl2F3N3O/c1-11(13-4-3-5-14(8-13)20(23,24)25)27-19(29)16-10-26-28(12(16)2)15-6-7-17(21)18(22)9-15/h3-11H,1-2H3,(H,27,29)/t11-/m0/s1. The summed E-state index contributed by atoms with van der Waals surface area (Å²) in [5.41, 5.74) is 1.07. The topological polar surface area (TPSA) is 46.9 Å². The Bertz CT molecular complexity index is 1060. The van der Waals surface area contributed by atoms with Crippen molar-refractivity contribution in [2.75, 3.05) is 0 Å². The molecule has 0 saturated heterocycles. The number of nitrogens with one attached hydrogen (secondary N) is 1. The molecule has 0 saturated carbocycles. The highest BCUT2D eigenvalue weighted by Gasteiger charge is 2.31. The Balaban J connectivity index is 1.81. The molecule has 9 heteroatoms. The van der Waals surface area contributed by atoms with Crippen molar-refractivity contribution < 1.29 is 18.0 Å². The molecule has 0 spiro atoms. The fourth-order valence-electron chi connectivity index (χ4n) is 2.85. The van der Waals surface area contributed by atoms with Gasteiger partial charge in [-0.05, 0) is 49.7 Å². The minimum Gasteiger partial charge on any atom is -0.345 e. The van der Waals surface area contributed by atoms with Gasteiger partial charge in [0.1, 0.15) is 0 Å². The van der Waals surface area contributed by atoms with Crippen molar-refractivity contribution in [1.29, 1.82) is 0 Å². The molecule has 3 aromatic rings. The summed E-state index contributed by atoms with van der Waals surface area (Å²) in [5, 5.41) is 7.67. The van der Waals surface area contributed by atoms with E-state index in [-0.39, 0.29) is 0 Å². The number of alkyl halides is 3. The van der Waals surface area contributed by atoms with Crippen LogP contribution in [0.15, 0.2) is 48.7 Å². The third-order valence-electron chi connectivity index (χ3n) is 4.46. The highest BCUT2D eigenvalue weighted by molar-refractivity contribution is 6.42. The molecule has 0 radical (unpaired) electrons. The minimum absolute atomic E-state index is 0.301. The summed E-state index contributed by atoms with van der Waals surface area (Å²) in [6.45, 7) is 3.32. The highest BCUT2D eigenvalue weighted by atomic mass is 35.5. The SMILES string of the molecule is Cc1c(C(=O)N[C@@H](C)c2cccc(C(F)(F)F)c2)cnn1-c1ccc(Cl)c(Cl)c1. The van der Waals surface area contributed by atoms with E-state index < -0.39 is 23.7 Å². The first-order valence-corrected chi connectivity index (χ1v) is 9.31. The molecule has 29 heavy (non-hydrogen) atoms. The average molecular weight is 442 g/mol. The van der Waals surface area contributed by atoms with Crippen molar-refractivity contribution in [1.82, 2.24) is 15.1 Å². The van der Waals surface area contributed by atoms with Crippen molar-refractivity contribution in [3.05, 3.63) is 81.1 Å². The van der Waals surface area contributed by atoms with Gasteiger partial charge in [-0.2, -0.15) is 18.3 Å². The molecule has 1 atom stereocenters. The van der Waals surface area contributed by atoms with Gasteiger partial charge in [-0.3, -0.25) is 4.79 Å². The lowest BCUT2D eigenvalue weighted by molar-refractivity contribution is -0.137. The molecule has 1 aromatic heterocycles. The minimum atomic E-state index is -4.45. The summed E-state index contributed by atoms with van der Waals surface area (Å²) in [6.07, 6.45) is -3.05. The predicted molar refractivity (Wildman–Crippen MR) is 106 cm³/mol. The summed E-state index contributed by atoms with van der Waals surface area (Å²) < 4.78 is 40.3. The van der Waals surface area contributed by atoms with E-state index >= 15 is 0 Å². The predicted octanol–water partition coefficient (Wildman–Crippen LogP) is 6.00. The van der Waals surface area contributed by atoms with Gasteiger partial charge in [-0.1, -0.05) is 35.3 Å². The van der Waals surface area contributed by atoms with E-state index in [1.165, 1.54) is 23.0 Å². The summed E-state index contributed by atoms with van der Waals surface area (Å²) in [4.78, 5) is 12.7. The number of hydrogen-bond acceptors (Lipinski definition) is 2. The molecular formula is C20H16Cl2F3N3O. The number of carbonyl (C=O) groups excluding carboxylic acids is 1. The number of nitrogens with zero attached hydrogens (tertiary/aromatic N) is 2. The van der Waals surface area contributed by atoms with E-state index in [4.69, 9.17) is 23.2 Å². The van der Waals surface area contributed by atoms with Crippen LogP contribution < -0.4 is 5.32 Å². The van der Waals surface area contributed by atoms with Gasteiger partial charge in [0, 0.05) is 0 Å². The maximum Gasteiger partial charge on any atom is 0.416 e. The molecule has 0 aliphatic carbocycles. The lowest BCUT2D eigenvalue weighted by atomic mass is 10.0. The van der Waals surface area contributed by atoms with E-state index in [1.807, 2.05) is 0 Å². The van der Waals surface area contributed by atoms with Crippen LogP contribution in [-0.4, -0.2) is 15.7 Å². The maximum atomic E-state index is 12.9. The number of carbonyl (C=O) groups is 1. The van der Waals surface area contributed by atoms with Crippen molar-refractivity contribution in [3.63, 3.8) is 0 Å². The second kappa shape index (κ2) is 8.08. The first kappa shape index (κ1) is 21.2. The number of benzene rings is 2. The fraction of sp³-hybridized carbons (Fsp3) is 0.200. The van der Waals surface area contributed by atoms with Gasteiger partial charge in [-0.15, -0.1) is 0 Å². The Hall–Kier alpha value is -2.51. The number of amides is 1. The van der Waals surface area contributed by atoms with Gasteiger partial charge < -0.3 is 5.32 Å². The van der Waals surface area contributed by atoms with E-state index in [0.717, 1.165) is 12.1 Å². The van der Waals surface area contributed by atoms with E-state index in [9.17, 15) is 18.0 Å². The average Bonchev–Trinajstić information content (AvgIpc) is 3.05. The van der Waals surface area contributed by atoms with Crippen LogP contribution in [0.1, 0.15) is 40.1 Å². The molecule has 0 fully saturated rings. The van der Waals surface area contributed by atoms with Crippen LogP contribution in [0.4, 0.5) is 13.2 Å². The summed E-state index contributed by atoms with van der Waals surface area (Å²) >= 11 is 12.0. The van der Waals surface area contributed by atoms with Crippen LogP contribution in [0.3, 0.4) is 0 Å². The molecular weight excluding hydrogens is 426 g/mol. The van der Waals surface area contributed by atoms with Crippen LogP contribution >= 0.6 is 23.2 Å². The van der Waals surface area contributed by atoms with E-state index in [1.54, 1.807) is 32.0 Å². The number of halogens is 5. The van der Waals surface area contributed by atoms with Crippen LogP contribution in [0.25, 0.3) is 5.69 Å². The molecule has 152 valence electrons. The van der Waals surface area contributed by atoms with Gasteiger partial charge in [0.05, 0.1) is 44.8 Å². The van der Waals surface area contributed by atoms with Crippen LogP contribution in [0.5, 0.6) is 0 Å². The van der Waals surface area contributed by atoms with Gasteiger partial charge in [-0.25, -0.2) is 4.68 Å². The van der Waals surface area contributed by atoms with Crippen molar-refractivity contribution >= 4 is 29.1 Å². The van der Waals surface area contributed by atoms with Crippen molar-refractivity contribution in [2.24, 2.45) is 0 Å². The zero-order valence-electron chi connectivity index (χ0n) is 15.4. The Morgan fingerprint density at radius 2 is 1.86 bits per heavy atom. The molecule has 0 aliphatic heterocycles. The second-order valence-corrected chi connectivity index (χ2v) is 7.29. The van der Waals surface area contributed by atoms with E-state index in [0.29, 0.717) is 32.6 Å². The molecule has 0 bridgehead atoms. The first-order valence-electron chi connectivity index (χ1n) is 8.56. The van der Waals surface area contributed by atoms with Crippen LogP contribution in [0.2, 0.25) is 10.0 Å². The Kier molecular flexibility index (Phi) is 5.91. The quantitative estimate of drug-likeness (QED) is 0.539. The van der Waals surface area contributed by atoms with Crippen LogP contribution in [-0.2, 0) is 6.18 Å².